The van der Waals surface area contributed by atoms with E-state index in [2.05, 4.69) is 10.2 Å². The summed E-state index contributed by atoms with van der Waals surface area (Å²) in [5.41, 5.74) is 1.06. The van der Waals surface area contributed by atoms with Gasteiger partial charge in [0.1, 0.15) is 5.75 Å². The van der Waals surface area contributed by atoms with Crippen molar-refractivity contribution in [3.8, 4) is 5.75 Å². The molecule has 2 aliphatic rings. The Kier molecular flexibility index (Phi) is 7.31. The molecule has 2 amide bonds. The van der Waals surface area contributed by atoms with Crippen LogP contribution in [0.1, 0.15) is 12.8 Å². The SMILES string of the molecule is COc1ccc(S(=O)(=O)N2CCC(NC(=O)N3CCN(c4cccc(Cl)c4)CC3)CC2)cc1. The summed E-state index contributed by atoms with van der Waals surface area (Å²) in [5, 5.41) is 3.79. The molecule has 0 aromatic heterocycles. The van der Waals surface area contributed by atoms with Gasteiger partial charge in [0.2, 0.25) is 10.0 Å². The van der Waals surface area contributed by atoms with E-state index in [0.717, 1.165) is 18.8 Å². The lowest BCUT2D eigenvalue weighted by Crippen LogP contribution is -2.55. The lowest BCUT2D eigenvalue weighted by molar-refractivity contribution is 0.184. The number of benzene rings is 2. The second-order valence-corrected chi connectivity index (χ2v) is 10.6. The highest BCUT2D eigenvalue weighted by Gasteiger charge is 2.31. The van der Waals surface area contributed by atoms with Gasteiger partial charge in [-0.15, -0.1) is 0 Å². The lowest BCUT2D eigenvalue weighted by Gasteiger charge is -2.38. The smallest absolute Gasteiger partial charge is 0.317 e. The predicted octanol–water partition coefficient (Wildman–Crippen LogP) is 3.03. The van der Waals surface area contributed by atoms with Gasteiger partial charge in [-0.25, -0.2) is 13.2 Å². The number of hydrogen-bond acceptors (Lipinski definition) is 5. The molecule has 2 heterocycles. The van der Waals surface area contributed by atoms with Crippen LogP contribution in [-0.2, 0) is 10.0 Å². The number of amides is 2. The summed E-state index contributed by atoms with van der Waals surface area (Å²) in [6.07, 6.45) is 1.17. The number of halogens is 1. The number of nitrogens with zero attached hydrogens (tertiary/aromatic N) is 3. The van der Waals surface area contributed by atoms with Gasteiger partial charge in [-0.3, -0.25) is 0 Å². The summed E-state index contributed by atoms with van der Waals surface area (Å²) in [6, 6.07) is 14.0. The maximum atomic E-state index is 12.9. The Hall–Kier alpha value is -2.49. The van der Waals surface area contributed by atoms with Crippen LogP contribution in [0.2, 0.25) is 5.02 Å². The van der Waals surface area contributed by atoms with E-state index in [9.17, 15) is 13.2 Å². The summed E-state index contributed by atoms with van der Waals surface area (Å²) in [7, 11) is -2.01. The van der Waals surface area contributed by atoms with Crippen molar-refractivity contribution in [2.75, 3.05) is 51.3 Å². The monoisotopic (exact) mass is 492 g/mol. The normalized spacial score (nSPS) is 18.2. The van der Waals surface area contributed by atoms with Crippen LogP contribution >= 0.6 is 11.6 Å². The van der Waals surface area contributed by atoms with Crippen LogP contribution in [0.4, 0.5) is 10.5 Å². The lowest BCUT2D eigenvalue weighted by atomic mass is 10.1. The molecule has 0 saturated carbocycles. The van der Waals surface area contributed by atoms with E-state index in [1.807, 2.05) is 29.2 Å². The van der Waals surface area contributed by atoms with Gasteiger partial charge < -0.3 is 19.9 Å². The van der Waals surface area contributed by atoms with Gasteiger partial charge in [0, 0.05) is 56.0 Å². The Bertz CT molecular complexity index is 1060. The molecule has 178 valence electrons. The Morgan fingerprint density at radius 2 is 1.67 bits per heavy atom. The number of sulfonamides is 1. The van der Waals surface area contributed by atoms with Crippen LogP contribution in [0.3, 0.4) is 0 Å². The van der Waals surface area contributed by atoms with Gasteiger partial charge in [-0.1, -0.05) is 17.7 Å². The number of methoxy groups -OCH3 is 1. The van der Waals surface area contributed by atoms with Crippen molar-refractivity contribution < 1.29 is 17.9 Å². The molecule has 8 nitrogen and oxygen atoms in total. The highest BCUT2D eigenvalue weighted by Crippen LogP contribution is 2.24. The molecule has 2 aromatic carbocycles. The van der Waals surface area contributed by atoms with Crippen molar-refractivity contribution >= 4 is 33.3 Å². The second kappa shape index (κ2) is 10.2. The first-order valence-corrected chi connectivity index (χ1v) is 12.9. The molecule has 2 saturated heterocycles. The van der Waals surface area contributed by atoms with E-state index in [4.69, 9.17) is 16.3 Å². The van der Waals surface area contributed by atoms with Gasteiger partial charge >= 0.3 is 6.03 Å². The van der Waals surface area contributed by atoms with Crippen LogP contribution in [0.25, 0.3) is 0 Å². The number of hydrogen-bond donors (Lipinski definition) is 1. The molecular formula is C23H29ClN4O4S. The summed E-state index contributed by atoms with van der Waals surface area (Å²) in [6.45, 7) is 3.49. The number of ether oxygens (including phenoxy) is 1. The molecule has 2 aliphatic heterocycles. The molecule has 10 heteroatoms. The van der Waals surface area contributed by atoms with Crippen LogP contribution in [-0.4, -0.2) is 76.1 Å². The summed E-state index contributed by atoms with van der Waals surface area (Å²) < 4.78 is 32.4. The summed E-state index contributed by atoms with van der Waals surface area (Å²) in [4.78, 5) is 17.0. The third-order valence-electron chi connectivity index (χ3n) is 6.22. The zero-order valence-electron chi connectivity index (χ0n) is 18.6. The first-order chi connectivity index (χ1) is 15.9. The van der Waals surface area contributed by atoms with E-state index < -0.39 is 10.0 Å². The number of urea groups is 1. The molecule has 4 rings (SSSR count). The Morgan fingerprint density at radius 1 is 1.00 bits per heavy atom. The number of nitrogens with one attached hydrogen (secondary N) is 1. The topological polar surface area (TPSA) is 82.2 Å². The van der Waals surface area contributed by atoms with Crippen molar-refractivity contribution in [2.24, 2.45) is 0 Å². The fourth-order valence-electron chi connectivity index (χ4n) is 4.24. The molecule has 0 aliphatic carbocycles. The number of carbonyl (C=O) groups excluding carboxylic acids is 1. The number of anilines is 1. The molecular weight excluding hydrogens is 464 g/mol. The Labute approximate surface area is 200 Å². The standard InChI is InChI=1S/C23H29ClN4O4S/c1-32-21-5-7-22(8-6-21)33(30,31)28-11-9-19(10-12-28)25-23(29)27-15-13-26(14-16-27)20-4-2-3-18(24)17-20/h2-8,17,19H,9-16H2,1H3,(H,25,29). The highest BCUT2D eigenvalue weighted by atomic mass is 35.5. The Balaban J connectivity index is 1.25. The fraction of sp³-hybridized carbons (Fsp3) is 0.435. The molecule has 0 spiro atoms. The van der Waals surface area contributed by atoms with E-state index in [0.29, 0.717) is 49.8 Å². The van der Waals surface area contributed by atoms with E-state index in [1.54, 1.807) is 31.4 Å². The maximum absolute atomic E-state index is 12.9. The van der Waals surface area contributed by atoms with E-state index >= 15 is 0 Å². The van der Waals surface area contributed by atoms with E-state index in [1.165, 1.54) is 4.31 Å². The number of rotatable bonds is 5. The molecule has 0 unspecified atom stereocenters. The molecule has 0 bridgehead atoms. The zero-order chi connectivity index (χ0) is 23.4. The molecule has 2 aromatic rings. The molecule has 0 radical (unpaired) electrons. The first-order valence-electron chi connectivity index (χ1n) is 11.1. The Morgan fingerprint density at radius 3 is 2.27 bits per heavy atom. The molecule has 1 N–H and O–H groups in total. The van der Waals surface area contributed by atoms with Gasteiger partial charge in [-0.2, -0.15) is 4.31 Å². The van der Waals surface area contributed by atoms with Crippen LogP contribution in [0.15, 0.2) is 53.4 Å². The largest absolute Gasteiger partial charge is 0.497 e. The quantitative estimate of drug-likeness (QED) is 0.693. The maximum Gasteiger partial charge on any atom is 0.317 e. The van der Waals surface area contributed by atoms with Crippen LogP contribution in [0.5, 0.6) is 5.75 Å². The molecule has 33 heavy (non-hydrogen) atoms. The van der Waals surface area contributed by atoms with Crippen molar-refractivity contribution in [3.05, 3.63) is 53.6 Å². The minimum Gasteiger partial charge on any atom is -0.497 e. The minimum absolute atomic E-state index is 0.0363. The van der Waals surface area contributed by atoms with Crippen LogP contribution in [0, 0.1) is 0 Å². The van der Waals surface area contributed by atoms with Crippen molar-refractivity contribution in [2.45, 2.75) is 23.8 Å². The minimum atomic E-state index is -3.56. The van der Waals surface area contributed by atoms with Gasteiger partial charge in [0.15, 0.2) is 0 Å². The summed E-state index contributed by atoms with van der Waals surface area (Å²) >= 11 is 6.09. The second-order valence-electron chi connectivity index (χ2n) is 8.26. The first kappa shape index (κ1) is 23.7. The average Bonchev–Trinajstić information content (AvgIpc) is 2.84. The molecule has 2 fully saturated rings. The molecule has 0 atom stereocenters. The summed E-state index contributed by atoms with van der Waals surface area (Å²) in [5.74, 6) is 0.615. The van der Waals surface area contributed by atoms with Crippen LogP contribution < -0.4 is 15.0 Å². The number of piperazine rings is 1. The third-order valence-corrected chi connectivity index (χ3v) is 8.37. The number of piperidine rings is 1. The zero-order valence-corrected chi connectivity index (χ0v) is 20.2. The van der Waals surface area contributed by atoms with Crippen molar-refractivity contribution in [1.29, 1.82) is 0 Å². The van der Waals surface area contributed by atoms with Gasteiger partial charge in [-0.05, 0) is 55.3 Å². The van der Waals surface area contributed by atoms with Gasteiger partial charge in [0.25, 0.3) is 0 Å². The average molecular weight is 493 g/mol. The van der Waals surface area contributed by atoms with Crippen molar-refractivity contribution in [1.82, 2.24) is 14.5 Å². The van der Waals surface area contributed by atoms with Crippen molar-refractivity contribution in [3.63, 3.8) is 0 Å². The predicted molar refractivity (Wildman–Crippen MR) is 129 cm³/mol. The number of carbonyl (C=O) groups is 1. The third kappa shape index (κ3) is 5.54. The van der Waals surface area contributed by atoms with E-state index in [-0.39, 0.29) is 17.0 Å². The fourth-order valence-corrected chi connectivity index (χ4v) is 5.90. The van der Waals surface area contributed by atoms with Gasteiger partial charge in [0.05, 0.1) is 12.0 Å². The highest BCUT2D eigenvalue weighted by molar-refractivity contribution is 7.89.